The second-order valence-corrected chi connectivity index (χ2v) is 10.8. The van der Waals surface area contributed by atoms with Crippen LogP contribution in [0.2, 0.25) is 0 Å². The van der Waals surface area contributed by atoms with Crippen LogP contribution in [0.4, 0.5) is 0 Å². The fraction of sp³-hybridized carbons (Fsp3) is 0.179. The molecule has 1 unspecified atom stereocenters. The van der Waals surface area contributed by atoms with Gasteiger partial charge in [-0.3, -0.25) is 5.10 Å². The van der Waals surface area contributed by atoms with E-state index < -0.39 is 10.8 Å². The van der Waals surface area contributed by atoms with Crippen LogP contribution < -0.4 is 0 Å². The number of aryl methyl sites for hydroxylation is 2. The number of H-pyrrole nitrogens is 1. The summed E-state index contributed by atoms with van der Waals surface area (Å²) < 4.78 is 13.5. The molecule has 0 aliphatic rings. The summed E-state index contributed by atoms with van der Waals surface area (Å²) in [7, 11) is -1.33. The molecule has 0 aliphatic heterocycles. The molecule has 1 aromatic heterocycles. The van der Waals surface area contributed by atoms with E-state index >= 15 is 0 Å². The zero-order chi connectivity index (χ0) is 22.6. The van der Waals surface area contributed by atoms with Crippen molar-refractivity contribution in [1.29, 1.82) is 0 Å². The lowest BCUT2D eigenvalue weighted by atomic mass is 10.1. The van der Waals surface area contributed by atoms with Crippen molar-refractivity contribution in [2.75, 3.05) is 5.75 Å². The highest BCUT2D eigenvalue weighted by molar-refractivity contribution is 7.99. The number of aromatic amines is 1. The molecule has 166 valence electrons. The number of rotatable bonds is 8. The van der Waals surface area contributed by atoms with Gasteiger partial charge in [0, 0.05) is 10.3 Å². The zero-order valence-electron chi connectivity index (χ0n) is 18.6. The Labute approximate surface area is 201 Å². The molecule has 0 bridgehead atoms. The Bertz CT molecular complexity index is 1420. The van der Waals surface area contributed by atoms with Crippen molar-refractivity contribution >= 4 is 44.2 Å². The minimum Gasteiger partial charge on any atom is -0.268 e. The van der Waals surface area contributed by atoms with Crippen molar-refractivity contribution in [3.63, 3.8) is 0 Å². The van der Waals surface area contributed by atoms with Crippen LogP contribution in [0.1, 0.15) is 24.0 Å². The molecule has 3 nitrogen and oxygen atoms in total. The topological polar surface area (TPSA) is 45.8 Å². The van der Waals surface area contributed by atoms with Crippen molar-refractivity contribution in [1.82, 2.24) is 10.2 Å². The lowest BCUT2D eigenvalue weighted by Gasteiger charge is -2.06. The number of aromatic nitrogens is 2. The van der Waals surface area contributed by atoms with Gasteiger partial charge in [-0.25, -0.2) is 4.21 Å². The summed E-state index contributed by atoms with van der Waals surface area (Å²) in [6.45, 7) is 2.12. The second-order valence-electron chi connectivity index (χ2n) is 8.27. The third-order valence-electron chi connectivity index (χ3n) is 5.87. The van der Waals surface area contributed by atoms with Crippen LogP contribution in [-0.4, -0.2) is 20.2 Å². The van der Waals surface area contributed by atoms with Gasteiger partial charge in [0.05, 0.1) is 10.4 Å². The van der Waals surface area contributed by atoms with Gasteiger partial charge in [0.2, 0.25) is 0 Å². The van der Waals surface area contributed by atoms with Gasteiger partial charge < -0.3 is 0 Å². The molecule has 0 amide bonds. The lowest BCUT2D eigenvalue weighted by Crippen LogP contribution is -1.96. The standard InChI is InChI=1S/C28H26N2OS2/c1-20-12-15-23(16-13-20)32-18-5-4-7-21-14-17-26-25(19-21)28(30-29-26)33(31)27-11-6-9-22-8-2-3-10-24(22)27/h2-3,6,8-17,19H,4-5,7,18H2,1H3,(H,29,30). The molecule has 0 fully saturated rings. The fourth-order valence-corrected chi connectivity index (χ4v) is 6.27. The number of thioether (sulfide) groups is 1. The highest BCUT2D eigenvalue weighted by Crippen LogP contribution is 2.29. The zero-order valence-corrected chi connectivity index (χ0v) is 20.2. The quantitative estimate of drug-likeness (QED) is 0.191. The molecule has 1 N–H and O–H groups in total. The van der Waals surface area contributed by atoms with Gasteiger partial charge in [0.25, 0.3) is 0 Å². The number of benzene rings is 4. The first-order valence-electron chi connectivity index (χ1n) is 11.2. The maximum Gasteiger partial charge on any atom is 0.135 e. The predicted molar refractivity (Wildman–Crippen MR) is 140 cm³/mol. The van der Waals surface area contributed by atoms with Gasteiger partial charge in [-0.2, -0.15) is 5.10 Å². The molecular formula is C28H26N2OS2. The summed E-state index contributed by atoms with van der Waals surface area (Å²) in [5.41, 5.74) is 3.42. The second kappa shape index (κ2) is 9.94. The molecule has 4 aromatic carbocycles. The number of hydrogen-bond donors (Lipinski definition) is 1. The molecule has 0 saturated carbocycles. The third kappa shape index (κ3) is 4.90. The minimum absolute atomic E-state index is 0.679. The molecule has 0 spiro atoms. The molecule has 33 heavy (non-hydrogen) atoms. The average Bonchev–Trinajstić information content (AvgIpc) is 3.27. The third-order valence-corrected chi connectivity index (χ3v) is 8.40. The van der Waals surface area contributed by atoms with E-state index in [4.69, 9.17) is 0 Å². The van der Waals surface area contributed by atoms with E-state index in [1.807, 2.05) is 48.2 Å². The summed E-state index contributed by atoms with van der Waals surface area (Å²) in [5.74, 6) is 1.12. The van der Waals surface area contributed by atoms with E-state index in [1.54, 1.807) is 0 Å². The molecule has 5 heteroatoms. The summed E-state index contributed by atoms with van der Waals surface area (Å²) in [6, 6.07) is 29.1. The van der Waals surface area contributed by atoms with Gasteiger partial charge >= 0.3 is 0 Å². The molecule has 0 radical (unpaired) electrons. The molecule has 0 saturated heterocycles. The number of fused-ring (bicyclic) bond motifs is 2. The smallest absolute Gasteiger partial charge is 0.135 e. The van der Waals surface area contributed by atoms with Crippen LogP contribution in [0.3, 0.4) is 0 Å². The fourth-order valence-electron chi connectivity index (χ4n) is 4.05. The summed E-state index contributed by atoms with van der Waals surface area (Å²) >= 11 is 1.92. The van der Waals surface area contributed by atoms with Crippen LogP contribution >= 0.6 is 11.8 Å². The molecular weight excluding hydrogens is 444 g/mol. The summed E-state index contributed by atoms with van der Waals surface area (Å²) in [5, 5.41) is 11.2. The van der Waals surface area contributed by atoms with Gasteiger partial charge in [-0.15, -0.1) is 11.8 Å². The summed E-state index contributed by atoms with van der Waals surface area (Å²) in [4.78, 5) is 2.15. The number of nitrogens with one attached hydrogen (secondary N) is 1. The van der Waals surface area contributed by atoms with Crippen molar-refractivity contribution in [3.8, 4) is 0 Å². The SMILES string of the molecule is Cc1ccc(SCCCCc2ccc3n[nH]c(S(=O)c4cccc5ccccc45)c3c2)cc1. The maximum atomic E-state index is 13.5. The number of unbranched alkanes of at least 4 members (excludes halogenated alkanes) is 1. The summed E-state index contributed by atoms with van der Waals surface area (Å²) in [6.07, 6.45) is 3.30. The first-order valence-corrected chi connectivity index (χ1v) is 13.4. The molecule has 1 heterocycles. The molecule has 0 aliphatic carbocycles. The largest absolute Gasteiger partial charge is 0.268 e. The van der Waals surface area contributed by atoms with Crippen molar-refractivity contribution in [2.24, 2.45) is 0 Å². The molecule has 5 aromatic rings. The van der Waals surface area contributed by atoms with Crippen molar-refractivity contribution in [2.45, 2.75) is 41.0 Å². The Kier molecular flexibility index (Phi) is 6.60. The number of nitrogens with zero attached hydrogens (tertiary/aromatic N) is 1. The predicted octanol–water partition coefficient (Wildman–Crippen LogP) is 7.31. The maximum absolute atomic E-state index is 13.5. The molecule has 1 atom stereocenters. The monoisotopic (exact) mass is 470 g/mol. The van der Waals surface area contributed by atoms with Crippen LogP contribution in [-0.2, 0) is 17.2 Å². The average molecular weight is 471 g/mol. The van der Waals surface area contributed by atoms with Gasteiger partial charge in [0.15, 0.2) is 0 Å². The lowest BCUT2D eigenvalue weighted by molar-refractivity contribution is 0.681. The van der Waals surface area contributed by atoms with Gasteiger partial charge in [-0.05, 0) is 78.6 Å². The van der Waals surface area contributed by atoms with E-state index in [-0.39, 0.29) is 0 Å². The van der Waals surface area contributed by atoms with Crippen LogP contribution in [0.5, 0.6) is 0 Å². The van der Waals surface area contributed by atoms with Gasteiger partial charge in [0.1, 0.15) is 15.8 Å². The van der Waals surface area contributed by atoms with Crippen LogP contribution in [0.15, 0.2) is 99.7 Å². The van der Waals surface area contributed by atoms with Gasteiger partial charge in [-0.1, -0.05) is 60.2 Å². The van der Waals surface area contributed by atoms with E-state index in [0.717, 1.165) is 51.6 Å². The van der Waals surface area contributed by atoms with Crippen LogP contribution in [0.25, 0.3) is 21.7 Å². The van der Waals surface area contributed by atoms with E-state index in [2.05, 4.69) is 65.7 Å². The first-order chi connectivity index (χ1) is 16.2. The normalized spacial score (nSPS) is 12.4. The highest BCUT2D eigenvalue weighted by Gasteiger charge is 2.16. The Balaban J connectivity index is 1.28. The van der Waals surface area contributed by atoms with Crippen molar-refractivity contribution < 1.29 is 4.21 Å². The minimum atomic E-state index is -1.33. The first kappa shape index (κ1) is 21.9. The Morgan fingerprint density at radius 1 is 0.879 bits per heavy atom. The molecule has 5 rings (SSSR count). The highest BCUT2D eigenvalue weighted by atomic mass is 32.2. The number of hydrogen-bond acceptors (Lipinski definition) is 3. The van der Waals surface area contributed by atoms with E-state index in [1.165, 1.54) is 16.0 Å². The van der Waals surface area contributed by atoms with E-state index in [9.17, 15) is 4.21 Å². The Morgan fingerprint density at radius 3 is 2.58 bits per heavy atom. The Morgan fingerprint density at radius 2 is 1.70 bits per heavy atom. The van der Waals surface area contributed by atoms with Crippen molar-refractivity contribution in [3.05, 3.63) is 96.1 Å². The Hall–Kier alpha value is -2.89. The van der Waals surface area contributed by atoms with Crippen LogP contribution in [0, 0.1) is 6.92 Å². The van der Waals surface area contributed by atoms with E-state index in [0.29, 0.717) is 5.03 Å².